The van der Waals surface area contributed by atoms with Gasteiger partial charge in [-0.05, 0) is 103 Å². The quantitative estimate of drug-likeness (QED) is 0.0268. The van der Waals surface area contributed by atoms with E-state index in [4.69, 9.17) is 24.3 Å². The van der Waals surface area contributed by atoms with Crippen LogP contribution in [-0.4, -0.2) is 49.9 Å². The van der Waals surface area contributed by atoms with Crippen molar-refractivity contribution < 1.29 is 32.8 Å². The first-order valence-corrected chi connectivity index (χ1v) is 26.5. The van der Waals surface area contributed by atoms with Gasteiger partial charge in [-0.1, -0.05) is 193 Å². The van der Waals surface area contributed by atoms with Crippen molar-refractivity contribution in [3.05, 3.63) is 122 Å². The highest BCUT2D eigenvalue weighted by molar-refractivity contribution is 7.47. The van der Waals surface area contributed by atoms with E-state index in [0.29, 0.717) is 13.0 Å². The summed E-state index contributed by atoms with van der Waals surface area (Å²) in [6.45, 7) is 4.62. The van der Waals surface area contributed by atoms with E-state index in [0.717, 1.165) is 122 Å². The van der Waals surface area contributed by atoms with Crippen LogP contribution >= 0.6 is 7.82 Å². The Morgan fingerprint density at radius 3 is 1.23 bits per heavy atom. The van der Waals surface area contributed by atoms with Crippen LogP contribution < -0.4 is 5.73 Å². The molecule has 0 spiro atoms. The summed E-state index contributed by atoms with van der Waals surface area (Å²) in [6, 6.07) is 0. The minimum absolute atomic E-state index is 0.0881. The van der Waals surface area contributed by atoms with Gasteiger partial charge in [-0.15, -0.1) is 0 Å². The van der Waals surface area contributed by atoms with Crippen LogP contribution in [0.15, 0.2) is 122 Å². The molecular formula is C55H92NO7P. The third-order valence-corrected chi connectivity index (χ3v) is 10.9. The van der Waals surface area contributed by atoms with Crippen molar-refractivity contribution in [2.24, 2.45) is 5.73 Å². The highest BCUT2D eigenvalue weighted by Crippen LogP contribution is 2.43. The van der Waals surface area contributed by atoms with E-state index < -0.39 is 13.9 Å². The van der Waals surface area contributed by atoms with Gasteiger partial charge in [-0.2, -0.15) is 0 Å². The average Bonchev–Trinajstić information content (AvgIpc) is 3.29. The molecule has 0 saturated heterocycles. The Kier molecular flexibility index (Phi) is 48.4. The van der Waals surface area contributed by atoms with E-state index in [9.17, 15) is 14.3 Å². The average molecular weight is 910 g/mol. The Hall–Kier alpha value is -3.10. The fraction of sp³-hybridized carbons (Fsp3) is 0.618. The highest BCUT2D eigenvalue weighted by atomic mass is 31.2. The lowest BCUT2D eigenvalue weighted by Crippen LogP contribution is -2.28. The molecule has 2 atom stereocenters. The van der Waals surface area contributed by atoms with E-state index in [1.807, 2.05) is 0 Å². The molecule has 0 radical (unpaired) electrons. The zero-order valence-electron chi connectivity index (χ0n) is 40.5. The first kappa shape index (κ1) is 60.9. The lowest BCUT2D eigenvalue weighted by Gasteiger charge is -2.20. The molecule has 0 amide bonds. The molecule has 0 bridgehead atoms. The van der Waals surface area contributed by atoms with Crippen molar-refractivity contribution in [1.29, 1.82) is 0 Å². The van der Waals surface area contributed by atoms with Crippen LogP contribution in [0.2, 0.25) is 0 Å². The molecule has 64 heavy (non-hydrogen) atoms. The molecule has 0 aliphatic rings. The zero-order valence-corrected chi connectivity index (χ0v) is 41.4. The van der Waals surface area contributed by atoms with Crippen LogP contribution in [0.1, 0.15) is 181 Å². The minimum atomic E-state index is -4.30. The van der Waals surface area contributed by atoms with E-state index in [-0.39, 0.29) is 32.3 Å². The van der Waals surface area contributed by atoms with Crippen molar-refractivity contribution in [3.8, 4) is 0 Å². The normalized spacial score (nSPS) is 14.4. The maximum Gasteiger partial charge on any atom is 0.472 e. The number of rotatable bonds is 46. The number of hydrogen-bond acceptors (Lipinski definition) is 7. The van der Waals surface area contributed by atoms with E-state index in [1.165, 1.54) is 38.5 Å². The van der Waals surface area contributed by atoms with Gasteiger partial charge >= 0.3 is 13.8 Å². The number of allylic oxidation sites excluding steroid dienone is 20. The Bertz CT molecular complexity index is 1390. The molecule has 0 heterocycles. The molecule has 0 saturated carbocycles. The minimum Gasteiger partial charge on any atom is -0.457 e. The molecule has 0 rings (SSSR count). The molecule has 0 aliphatic heterocycles. The molecule has 2 unspecified atom stereocenters. The number of nitrogens with two attached hydrogens (primary N) is 1. The van der Waals surface area contributed by atoms with Crippen LogP contribution in [0.5, 0.6) is 0 Å². The fourth-order valence-corrected chi connectivity index (χ4v) is 7.05. The van der Waals surface area contributed by atoms with Gasteiger partial charge in [-0.25, -0.2) is 4.57 Å². The fourth-order valence-electron chi connectivity index (χ4n) is 6.28. The molecule has 0 aromatic heterocycles. The highest BCUT2D eigenvalue weighted by Gasteiger charge is 2.25. The Labute approximate surface area is 392 Å². The predicted octanol–water partition coefficient (Wildman–Crippen LogP) is 15.8. The number of phosphoric acid groups is 1. The van der Waals surface area contributed by atoms with E-state index in [1.54, 1.807) is 0 Å². The third-order valence-electron chi connectivity index (χ3n) is 9.87. The molecule has 3 N–H and O–H groups in total. The SMILES string of the molecule is CC/C=C\C/C=C\C/C=C\C/C=C\C/C=C\CCCCCCCCCC(=O)OC(COCCCCCCCC/C=C\C/C=C\C/C=C\C/C=C\C/C=C\CC)COP(=O)(O)OCCN. The number of carbonyl (C=O) groups is 1. The predicted molar refractivity (Wildman–Crippen MR) is 274 cm³/mol. The van der Waals surface area contributed by atoms with Crippen molar-refractivity contribution in [3.63, 3.8) is 0 Å². The summed E-state index contributed by atoms with van der Waals surface area (Å²) in [7, 11) is -4.30. The lowest BCUT2D eigenvalue weighted by atomic mass is 10.1. The third kappa shape index (κ3) is 49.9. The first-order valence-electron chi connectivity index (χ1n) is 25.0. The van der Waals surface area contributed by atoms with E-state index >= 15 is 0 Å². The van der Waals surface area contributed by atoms with Gasteiger partial charge < -0.3 is 20.1 Å². The summed E-state index contributed by atoms with van der Waals surface area (Å²) in [5.41, 5.74) is 5.39. The van der Waals surface area contributed by atoms with Gasteiger partial charge in [0.1, 0.15) is 6.10 Å². The smallest absolute Gasteiger partial charge is 0.457 e. The van der Waals surface area contributed by atoms with Crippen LogP contribution in [0, 0.1) is 0 Å². The first-order chi connectivity index (χ1) is 31.4. The lowest BCUT2D eigenvalue weighted by molar-refractivity contribution is -0.154. The Morgan fingerprint density at radius 1 is 0.469 bits per heavy atom. The summed E-state index contributed by atoms with van der Waals surface area (Å²) < 4.78 is 33.6. The van der Waals surface area contributed by atoms with Crippen LogP contribution in [0.4, 0.5) is 0 Å². The Morgan fingerprint density at radius 2 is 0.828 bits per heavy atom. The largest absolute Gasteiger partial charge is 0.472 e. The molecule has 0 aromatic carbocycles. The summed E-state index contributed by atoms with van der Waals surface area (Å²) in [6.07, 6.45) is 70.8. The van der Waals surface area contributed by atoms with Gasteiger partial charge in [-0.3, -0.25) is 13.8 Å². The van der Waals surface area contributed by atoms with Gasteiger partial charge in [0, 0.05) is 19.6 Å². The molecule has 9 heteroatoms. The topological polar surface area (TPSA) is 117 Å². The van der Waals surface area contributed by atoms with Crippen molar-refractivity contribution in [2.45, 2.75) is 187 Å². The van der Waals surface area contributed by atoms with Gasteiger partial charge in [0.15, 0.2) is 0 Å². The van der Waals surface area contributed by atoms with Crippen LogP contribution in [0.3, 0.4) is 0 Å². The van der Waals surface area contributed by atoms with Crippen molar-refractivity contribution in [2.75, 3.05) is 33.0 Å². The summed E-state index contributed by atoms with van der Waals surface area (Å²) in [4.78, 5) is 22.6. The van der Waals surface area contributed by atoms with Crippen molar-refractivity contribution >= 4 is 13.8 Å². The van der Waals surface area contributed by atoms with Crippen LogP contribution in [0.25, 0.3) is 0 Å². The molecule has 0 fully saturated rings. The molecule has 0 aromatic rings. The van der Waals surface area contributed by atoms with Gasteiger partial charge in [0.05, 0.1) is 19.8 Å². The number of carbonyl (C=O) groups excluding carboxylic acids is 1. The summed E-state index contributed by atoms with van der Waals surface area (Å²) in [5.74, 6) is -0.352. The maximum absolute atomic E-state index is 12.7. The standard InChI is InChI=1S/C55H92NO7P/c1-3-5-7-9-11-13-15-17-19-21-23-25-27-28-30-32-34-36-38-40-42-44-46-48-55(57)63-54(53-62-64(58,59)61-51-49-56)52-60-50-47-45-43-41-39-37-35-33-31-29-26-24-22-20-18-16-14-12-10-8-6-4-2/h5-8,11-14,17-20,23-26,28,30-31,33,54H,3-4,9-10,15-16,21-22,27,29,32,34-53,56H2,1-2H3,(H,58,59)/b7-5-,8-6-,13-11-,14-12-,19-17-,20-18-,25-23-,26-24-,30-28-,33-31-. The van der Waals surface area contributed by atoms with E-state index in [2.05, 4.69) is 135 Å². The molecule has 0 aliphatic carbocycles. The summed E-state index contributed by atoms with van der Waals surface area (Å²) >= 11 is 0. The second kappa shape index (κ2) is 50.9. The molecular weight excluding hydrogens is 818 g/mol. The number of ether oxygens (including phenoxy) is 2. The van der Waals surface area contributed by atoms with Crippen LogP contribution in [-0.2, 0) is 27.9 Å². The number of unbranched alkanes of at least 4 members (excludes halogenated alkanes) is 13. The van der Waals surface area contributed by atoms with Crippen molar-refractivity contribution in [1.82, 2.24) is 0 Å². The zero-order chi connectivity index (χ0) is 46.5. The Balaban J connectivity index is 4.07. The second-order valence-corrected chi connectivity index (χ2v) is 17.4. The number of hydrogen-bond donors (Lipinski definition) is 2. The maximum atomic E-state index is 12.7. The van der Waals surface area contributed by atoms with Gasteiger partial charge in [0.25, 0.3) is 0 Å². The molecule has 8 nitrogen and oxygen atoms in total. The summed E-state index contributed by atoms with van der Waals surface area (Å²) in [5, 5.41) is 0. The number of phosphoric ester groups is 1. The molecule has 364 valence electrons. The monoisotopic (exact) mass is 910 g/mol. The van der Waals surface area contributed by atoms with Gasteiger partial charge in [0.2, 0.25) is 0 Å². The second-order valence-electron chi connectivity index (χ2n) is 15.9. The number of esters is 1.